The number of carbonyl (C=O) groups is 4. The number of amides is 1. The standard InChI is InChI=1S/C37H43N5O7/c1-6-24-16-28(30(43)15-22-9-11-25(12-10-22)34(39)40)27(17-31(24)47-5)26-13-14-29(35(44)41-18-23-7-8-23)42-33(26)37(46)48-19-21(4)49-36(45)32(38)20(2)3/h6,9-14,16-17,20-21,23,32H,1,7-8,15,18-19,38H2,2-5H3,(H3,39,40)(H,41,44)/t21-,32+/m1/s1. The lowest BCUT2D eigenvalue weighted by atomic mass is 9.90. The van der Waals surface area contributed by atoms with E-state index in [1.165, 1.54) is 13.2 Å². The van der Waals surface area contributed by atoms with E-state index in [-0.39, 0.29) is 53.1 Å². The predicted molar refractivity (Wildman–Crippen MR) is 186 cm³/mol. The first kappa shape index (κ1) is 36.5. The molecule has 12 heteroatoms. The molecular formula is C37H43N5O7. The fourth-order valence-electron chi connectivity index (χ4n) is 4.92. The zero-order valence-electron chi connectivity index (χ0n) is 28.2. The molecule has 4 rings (SSSR count). The van der Waals surface area contributed by atoms with Crippen molar-refractivity contribution in [2.45, 2.75) is 52.2 Å². The molecule has 1 fully saturated rings. The van der Waals surface area contributed by atoms with Crippen LogP contribution in [-0.4, -0.2) is 66.9 Å². The van der Waals surface area contributed by atoms with Crippen molar-refractivity contribution >= 4 is 35.5 Å². The molecule has 0 spiro atoms. The highest BCUT2D eigenvalue weighted by Crippen LogP contribution is 2.35. The van der Waals surface area contributed by atoms with Crippen molar-refractivity contribution in [3.63, 3.8) is 0 Å². The number of rotatable bonds is 16. The van der Waals surface area contributed by atoms with Crippen molar-refractivity contribution in [2.24, 2.45) is 23.3 Å². The Morgan fingerprint density at radius 1 is 1.06 bits per heavy atom. The van der Waals surface area contributed by atoms with Gasteiger partial charge in [-0.15, -0.1) is 0 Å². The number of hydrogen-bond acceptors (Lipinski definition) is 10. The summed E-state index contributed by atoms with van der Waals surface area (Å²) in [5.74, 6) is -1.69. The summed E-state index contributed by atoms with van der Waals surface area (Å²) in [4.78, 5) is 57.5. The summed E-state index contributed by atoms with van der Waals surface area (Å²) in [7, 11) is 1.47. The van der Waals surface area contributed by atoms with Gasteiger partial charge in [-0.1, -0.05) is 50.8 Å². The summed E-state index contributed by atoms with van der Waals surface area (Å²) in [5, 5.41) is 10.5. The molecule has 0 bridgehead atoms. The lowest BCUT2D eigenvalue weighted by Crippen LogP contribution is -2.39. The van der Waals surface area contributed by atoms with Crippen LogP contribution in [0.1, 0.15) is 81.6 Å². The number of ether oxygens (including phenoxy) is 3. The van der Waals surface area contributed by atoms with Crippen molar-refractivity contribution in [3.8, 4) is 16.9 Å². The molecule has 49 heavy (non-hydrogen) atoms. The van der Waals surface area contributed by atoms with Crippen molar-refractivity contribution in [3.05, 3.63) is 88.8 Å². The Labute approximate surface area is 285 Å². The number of ketones is 1. The molecule has 1 saturated carbocycles. The van der Waals surface area contributed by atoms with Crippen LogP contribution in [0.2, 0.25) is 0 Å². The number of aromatic nitrogens is 1. The predicted octanol–water partition coefficient (Wildman–Crippen LogP) is 4.32. The van der Waals surface area contributed by atoms with E-state index in [1.54, 1.807) is 69.3 Å². The lowest BCUT2D eigenvalue weighted by molar-refractivity contribution is -0.152. The SMILES string of the molecule is C=Cc1cc(C(=O)Cc2ccc(C(=N)N)cc2)c(-c2ccc(C(=O)NCC3CC3)nc2C(=O)OC[C@@H](C)OC(=O)[C@@H](N)C(C)C)cc1OC. The highest BCUT2D eigenvalue weighted by Gasteiger charge is 2.27. The highest BCUT2D eigenvalue weighted by atomic mass is 16.6. The normalized spacial score (nSPS) is 13.6. The second kappa shape index (κ2) is 16.2. The smallest absolute Gasteiger partial charge is 0.357 e. The number of nitrogens with one attached hydrogen (secondary N) is 2. The van der Waals surface area contributed by atoms with Gasteiger partial charge >= 0.3 is 11.9 Å². The molecule has 1 aliphatic carbocycles. The van der Waals surface area contributed by atoms with Crippen LogP contribution in [0.15, 0.2) is 55.1 Å². The van der Waals surface area contributed by atoms with E-state index in [2.05, 4.69) is 16.9 Å². The summed E-state index contributed by atoms with van der Waals surface area (Å²) in [6.07, 6.45) is 2.79. The molecule has 6 N–H and O–H groups in total. The zero-order chi connectivity index (χ0) is 35.8. The van der Waals surface area contributed by atoms with E-state index < -0.39 is 30.0 Å². The van der Waals surface area contributed by atoms with Crippen LogP contribution in [0.5, 0.6) is 5.75 Å². The Hall–Kier alpha value is -5.36. The van der Waals surface area contributed by atoms with Gasteiger partial charge in [-0.2, -0.15) is 0 Å². The van der Waals surface area contributed by atoms with Crippen LogP contribution in [0.3, 0.4) is 0 Å². The molecule has 0 aliphatic heterocycles. The van der Waals surface area contributed by atoms with E-state index in [1.807, 2.05) is 0 Å². The summed E-state index contributed by atoms with van der Waals surface area (Å²) < 4.78 is 16.5. The maximum atomic E-state index is 13.9. The van der Waals surface area contributed by atoms with Crippen molar-refractivity contribution < 1.29 is 33.4 Å². The number of pyridine rings is 1. The maximum Gasteiger partial charge on any atom is 0.357 e. The Bertz CT molecular complexity index is 1750. The number of nitrogen functional groups attached to an aromatic ring is 1. The average molecular weight is 670 g/mol. The number of amidine groups is 1. The molecule has 258 valence electrons. The number of nitrogens with two attached hydrogens (primary N) is 2. The van der Waals surface area contributed by atoms with E-state index >= 15 is 0 Å². The highest BCUT2D eigenvalue weighted by molar-refractivity contribution is 6.07. The van der Waals surface area contributed by atoms with E-state index in [0.717, 1.165) is 12.8 Å². The van der Waals surface area contributed by atoms with E-state index in [4.69, 9.17) is 31.1 Å². The minimum Gasteiger partial charge on any atom is -0.496 e. The molecular weight excluding hydrogens is 626 g/mol. The van der Waals surface area contributed by atoms with Gasteiger partial charge in [0.25, 0.3) is 5.91 Å². The molecule has 1 heterocycles. The maximum absolute atomic E-state index is 13.9. The largest absolute Gasteiger partial charge is 0.496 e. The van der Waals surface area contributed by atoms with Crippen LogP contribution < -0.4 is 21.5 Å². The van der Waals surface area contributed by atoms with Gasteiger partial charge in [0.2, 0.25) is 0 Å². The van der Waals surface area contributed by atoms with Crippen LogP contribution in [0.4, 0.5) is 0 Å². The third-order valence-corrected chi connectivity index (χ3v) is 8.14. The molecule has 0 radical (unpaired) electrons. The molecule has 1 aromatic heterocycles. The fourth-order valence-corrected chi connectivity index (χ4v) is 4.92. The Kier molecular flexibility index (Phi) is 12.0. The zero-order valence-corrected chi connectivity index (χ0v) is 28.2. The molecule has 0 saturated heterocycles. The number of carbonyl (C=O) groups excluding carboxylic acids is 4. The minimum absolute atomic E-state index is 0.00755. The van der Waals surface area contributed by atoms with Crippen LogP contribution >= 0.6 is 0 Å². The molecule has 3 aromatic rings. The number of benzene rings is 2. The first-order chi connectivity index (χ1) is 23.3. The summed E-state index contributed by atoms with van der Waals surface area (Å²) in [5.41, 5.74) is 13.8. The van der Waals surface area contributed by atoms with Gasteiger partial charge in [-0.05, 0) is 67.0 Å². The van der Waals surface area contributed by atoms with Gasteiger partial charge in [-0.3, -0.25) is 19.8 Å². The number of esters is 2. The van der Waals surface area contributed by atoms with Crippen LogP contribution in [0.25, 0.3) is 17.2 Å². The number of Topliss-reactive ketones (excluding diaryl/α,β-unsaturated/α-hetero) is 1. The first-order valence-corrected chi connectivity index (χ1v) is 16.1. The van der Waals surface area contributed by atoms with Gasteiger partial charge in [0.1, 0.15) is 36.0 Å². The van der Waals surface area contributed by atoms with Crippen molar-refractivity contribution in [2.75, 3.05) is 20.3 Å². The summed E-state index contributed by atoms with van der Waals surface area (Å²) >= 11 is 0. The molecule has 0 unspecified atom stereocenters. The third-order valence-electron chi connectivity index (χ3n) is 8.14. The molecule has 2 aromatic carbocycles. The molecule has 2 atom stereocenters. The van der Waals surface area contributed by atoms with Gasteiger partial charge in [0.05, 0.1) is 7.11 Å². The van der Waals surface area contributed by atoms with Crippen LogP contribution in [-0.2, 0) is 20.7 Å². The quantitative estimate of drug-likeness (QED) is 0.0738. The first-order valence-electron chi connectivity index (χ1n) is 16.1. The van der Waals surface area contributed by atoms with E-state index in [9.17, 15) is 19.2 Å². The Balaban J connectivity index is 1.73. The molecule has 1 aliphatic rings. The van der Waals surface area contributed by atoms with E-state index in [0.29, 0.717) is 40.5 Å². The second-order valence-electron chi connectivity index (χ2n) is 12.4. The third kappa shape index (κ3) is 9.38. The molecule has 12 nitrogen and oxygen atoms in total. The number of hydrogen-bond donors (Lipinski definition) is 4. The fraction of sp³-hybridized carbons (Fsp3) is 0.351. The number of methoxy groups -OCH3 is 1. The Morgan fingerprint density at radius 3 is 2.35 bits per heavy atom. The second-order valence-corrected chi connectivity index (χ2v) is 12.4. The van der Waals surface area contributed by atoms with Gasteiger partial charge in [-0.25, -0.2) is 9.78 Å². The number of nitrogens with zero attached hydrogens (tertiary/aromatic N) is 1. The lowest BCUT2D eigenvalue weighted by Gasteiger charge is -2.19. The van der Waals surface area contributed by atoms with Gasteiger partial charge in [0, 0.05) is 35.2 Å². The van der Waals surface area contributed by atoms with Gasteiger partial charge < -0.3 is 31.0 Å². The van der Waals surface area contributed by atoms with Crippen LogP contribution in [0, 0.1) is 17.2 Å². The summed E-state index contributed by atoms with van der Waals surface area (Å²) in [6, 6.07) is 12.2. The summed E-state index contributed by atoms with van der Waals surface area (Å²) in [6.45, 7) is 9.17. The average Bonchev–Trinajstić information content (AvgIpc) is 3.93. The van der Waals surface area contributed by atoms with Gasteiger partial charge in [0.15, 0.2) is 11.5 Å². The molecule has 1 amide bonds. The monoisotopic (exact) mass is 669 g/mol. The Morgan fingerprint density at radius 2 is 1.76 bits per heavy atom. The minimum atomic E-state index is -0.895. The van der Waals surface area contributed by atoms with Crippen molar-refractivity contribution in [1.82, 2.24) is 10.3 Å². The topological polar surface area (TPSA) is 197 Å². The van der Waals surface area contributed by atoms with Crippen molar-refractivity contribution in [1.29, 1.82) is 5.41 Å².